The molecule has 0 fully saturated rings. The molecule has 0 aliphatic carbocycles. The summed E-state index contributed by atoms with van der Waals surface area (Å²) in [5, 5.41) is 7.10. The van der Waals surface area contributed by atoms with Crippen molar-refractivity contribution >= 4 is 167 Å². The van der Waals surface area contributed by atoms with Gasteiger partial charge < -0.3 is 9.32 Å². The monoisotopic (exact) mass is 835 g/mol. The molecule has 304 valence electrons. The lowest BCUT2D eigenvalue weighted by Crippen LogP contribution is -2.50. The van der Waals surface area contributed by atoms with Gasteiger partial charge >= 0.3 is 0 Å². The third-order valence-corrected chi connectivity index (χ3v) is 14.7. The summed E-state index contributed by atoms with van der Waals surface area (Å²) in [5.41, 5.74) is 25.5. The van der Waals surface area contributed by atoms with E-state index in [1.165, 1.54) is 105 Å². The third kappa shape index (κ3) is 6.68. The molecular weight excluding hydrogens is 789 g/mol. The maximum absolute atomic E-state index is 6.70. The highest BCUT2D eigenvalue weighted by atomic mass is 16.3. The van der Waals surface area contributed by atoms with Gasteiger partial charge in [-0.2, -0.15) is 0 Å². The second kappa shape index (κ2) is 16.4. The van der Waals surface area contributed by atoms with Crippen molar-refractivity contribution in [2.45, 2.75) is 0 Å². The van der Waals surface area contributed by atoms with Crippen molar-refractivity contribution in [2.24, 2.45) is 0 Å². The Morgan fingerprint density at radius 1 is 0.333 bits per heavy atom. The summed E-state index contributed by atoms with van der Waals surface area (Å²) >= 11 is 0. The Hall–Kier alpha value is -7.16. The molecule has 66 heavy (non-hydrogen) atoms. The van der Waals surface area contributed by atoms with Gasteiger partial charge in [-0.05, 0) is 97.1 Å². The summed E-state index contributed by atoms with van der Waals surface area (Å²) in [4.78, 5) is 2.59. The molecule has 0 aliphatic rings. The largest absolute Gasteiger partial charge is 0.455 e. The summed E-state index contributed by atoms with van der Waals surface area (Å²) in [6.07, 6.45) is 0. The Bertz CT molecular complexity index is 3710. The lowest BCUT2D eigenvalue weighted by Gasteiger charge is -2.36. The van der Waals surface area contributed by atoms with E-state index in [-0.39, 0.29) is 0 Å². The maximum atomic E-state index is 6.70. The zero-order valence-electron chi connectivity index (χ0n) is 39.1. The molecule has 1 aromatic heterocycles. The summed E-state index contributed by atoms with van der Waals surface area (Å²) in [7, 11) is 18.6. The van der Waals surface area contributed by atoms with Gasteiger partial charge in [-0.15, -0.1) is 0 Å². The van der Waals surface area contributed by atoms with Gasteiger partial charge in [0.2, 0.25) is 0 Å². The molecule has 11 rings (SSSR count). The van der Waals surface area contributed by atoms with Crippen LogP contribution in [-0.4, -0.2) is 62.8 Å². The fourth-order valence-corrected chi connectivity index (χ4v) is 10.9. The second-order valence-electron chi connectivity index (χ2n) is 18.3. The zero-order valence-corrected chi connectivity index (χ0v) is 39.1. The summed E-state index contributed by atoms with van der Waals surface area (Å²) < 4.78 is 6.70. The van der Waals surface area contributed by atoms with Gasteiger partial charge in [0.05, 0.1) is 0 Å². The molecule has 0 amide bonds. The van der Waals surface area contributed by atoms with Crippen LogP contribution in [0.1, 0.15) is 0 Å². The summed E-state index contributed by atoms with van der Waals surface area (Å²) in [5.74, 6) is 0. The van der Waals surface area contributed by atoms with Gasteiger partial charge in [0.1, 0.15) is 73.9 Å². The molecule has 0 spiro atoms. The van der Waals surface area contributed by atoms with Crippen LogP contribution in [0, 0.1) is 0 Å². The van der Waals surface area contributed by atoms with Crippen LogP contribution in [-0.2, 0) is 0 Å². The highest BCUT2D eigenvalue weighted by molar-refractivity contribution is 6.65. The minimum absolute atomic E-state index is 0.896. The first-order valence-corrected chi connectivity index (χ1v) is 23.2. The topological polar surface area (TPSA) is 16.4 Å². The molecule has 11 aromatic rings. The Morgan fingerprint density at radius 2 is 0.864 bits per heavy atom. The molecule has 0 bridgehead atoms. The normalized spacial score (nSPS) is 11.5. The van der Waals surface area contributed by atoms with Gasteiger partial charge in [0.25, 0.3) is 0 Å². The van der Waals surface area contributed by atoms with Crippen LogP contribution in [0.2, 0.25) is 0 Å². The maximum Gasteiger partial charge on any atom is 0.143 e. The van der Waals surface area contributed by atoms with Crippen molar-refractivity contribution in [3.8, 4) is 44.5 Å². The quantitative estimate of drug-likeness (QED) is 0.229. The highest BCUT2D eigenvalue weighted by Crippen LogP contribution is 2.41. The molecule has 0 N–H and O–H groups in total. The van der Waals surface area contributed by atoms with Crippen molar-refractivity contribution < 1.29 is 4.42 Å². The molecule has 1 heterocycles. The molecule has 0 unspecified atom stereocenters. The van der Waals surface area contributed by atoms with Gasteiger partial charge in [0, 0.05) is 33.2 Å². The minimum atomic E-state index is 0.896. The molecule has 2 nitrogen and oxygen atoms in total. The number of hydrogen-bond acceptors (Lipinski definition) is 2. The Labute approximate surface area is 394 Å². The lowest BCUT2D eigenvalue weighted by molar-refractivity contribution is 0.673. The fraction of sp³-hybridized carbons (Fsp3) is 0. The van der Waals surface area contributed by atoms with Gasteiger partial charge in [-0.1, -0.05) is 183 Å². The molecule has 10 heteroatoms. The molecular formula is C56H45B8NO. The minimum Gasteiger partial charge on any atom is -0.455 e. The number of fused-ring (bicyclic) bond motifs is 6. The Morgan fingerprint density at radius 3 is 1.56 bits per heavy atom. The standard InChI is InChI=1S/C56H45B8NO/c57-46-43(36-18-8-16-34(27-36)30-11-2-1-3-12-30)47(58)51(62)54(50(46)61)65(55-52(63)48(59)44(49(60)53(55)64)37-24-23-31-13-4-5-15-33(31)28-37)38-19-9-17-35(29-38)39-21-10-22-42-45(39)41-26-25-32-14-6-7-20-40(32)56(41)66-42/h1-29H,57-64H2. The van der Waals surface area contributed by atoms with Crippen molar-refractivity contribution in [1.82, 2.24) is 0 Å². The molecule has 0 saturated heterocycles. The van der Waals surface area contributed by atoms with Crippen LogP contribution >= 0.6 is 0 Å². The van der Waals surface area contributed by atoms with Crippen LogP contribution in [0.3, 0.4) is 0 Å². The first kappa shape index (κ1) is 41.5. The predicted molar refractivity (Wildman–Crippen MR) is 311 cm³/mol. The summed E-state index contributed by atoms with van der Waals surface area (Å²) in [6, 6.07) is 64.0. The molecule has 0 aliphatic heterocycles. The number of benzene rings is 10. The number of nitrogens with zero attached hydrogens (tertiary/aromatic N) is 1. The molecule has 10 aromatic carbocycles. The number of furan rings is 1. The van der Waals surface area contributed by atoms with Crippen molar-refractivity contribution in [3.05, 3.63) is 176 Å². The Balaban J connectivity index is 1.15. The van der Waals surface area contributed by atoms with E-state index in [2.05, 4.69) is 244 Å². The summed E-state index contributed by atoms with van der Waals surface area (Å²) in [6.45, 7) is 0. The van der Waals surface area contributed by atoms with Crippen LogP contribution in [0.5, 0.6) is 0 Å². The number of hydrogen-bond donors (Lipinski definition) is 0. The van der Waals surface area contributed by atoms with Crippen LogP contribution in [0.25, 0.3) is 88.0 Å². The Kier molecular flexibility index (Phi) is 10.3. The number of rotatable bonds is 7. The van der Waals surface area contributed by atoms with E-state index in [1.54, 1.807) is 0 Å². The van der Waals surface area contributed by atoms with Crippen LogP contribution in [0.15, 0.2) is 180 Å². The fourth-order valence-electron chi connectivity index (χ4n) is 10.9. The van der Waals surface area contributed by atoms with E-state index in [0.29, 0.717) is 0 Å². The van der Waals surface area contributed by atoms with E-state index in [9.17, 15) is 0 Å². The second-order valence-corrected chi connectivity index (χ2v) is 18.3. The average Bonchev–Trinajstić information content (AvgIpc) is 3.75. The van der Waals surface area contributed by atoms with E-state index in [4.69, 9.17) is 4.42 Å². The predicted octanol–water partition coefficient (Wildman–Crippen LogP) is 2.10. The van der Waals surface area contributed by atoms with E-state index in [0.717, 1.165) is 44.1 Å². The van der Waals surface area contributed by atoms with Crippen LogP contribution < -0.4 is 48.6 Å². The molecule has 0 radical (unpaired) electrons. The molecule has 0 saturated carbocycles. The SMILES string of the molecule is Bc1c(B)c(N(c2cccc(-c3cccc4oc5c6ccccc6ccc5c34)c2)c2c(B)c(B)c(-c3ccc4ccccc4c3)c(B)c2B)c(B)c(B)c1-c1cccc(-c2ccccc2)c1. The number of anilines is 3. The average molecular weight is 834 g/mol. The van der Waals surface area contributed by atoms with Crippen molar-refractivity contribution in [1.29, 1.82) is 0 Å². The van der Waals surface area contributed by atoms with Gasteiger partial charge in [-0.25, -0.2) is 0 Å². The third-order valence-electron chi connectivity index (χ3n) is 14.7. The first-order chi connectivity index (χ1) is 32.1. The zero-order chi connectivity index (χ0) is 45.4. The van der Waals surface area contributed by atoms with E-state index in [1.807, 2.05) is 0 Å². The highest BCUT2D eigenvalue weighted by Gasteiger charge is 2.27. The van der Waals surface area contributed by atoms with Crippen molar-refractivity contribution in [2.75, 3.05) is 4.90 Å². The van der Waals surface area contributed by atoms with Crippen molar-refractivity contribution in [3.63, 3.8) is 0 Å². The molecule has 0 atom stereocenters. The smallest absolute Gasteiger partial charge is 0.143 e. The van der Waals surface area contributed by atoms with Crippen LogP contribution in [0.4, 0.5) is 17.1 Å². The van der Waals surface area contributed by atoms with Gasteiger partial charge in [0.15, 0.2) is 0 Å². The van der Waals surface area contributed by atoms with E-state index >= 15 is 0 Å². The lowest BCUT2D eigenvalue weighted by atomic mass is 9.63. The van der Waals surface area contributed by atoms with Gasteiger partial charge in [-0.3, -0.25) is 0 Å². The first-order valence-electron chi connectivity index (χ1n) is 23.2. The van der Waals surface area contributed by atoms with E-state index < -0.39 is 0 Å².